The molecule has 0 bridgehead atoms. The topological polar surface area (TPSA) is 29.1 Å². The fourth-order valence-corrected chi connectivity index (χ4v) is 5.03. The number of amides is 1. The van der Waals surface area contributed by atoms with Crippen molar-refractivity contribution in [1.82, 2.24) is 5.32 Å². The number of nitrogens with one attached hydrogen (secondary N) is 1. The van der Waals surface area contributed by atoms with Crippen molar-refractivity contribution in [2.24, 2.45) is 11.8 Å². The number of carbonyl (C=O) groups excluding carboxylic acids is 1. The van der Waals surface area contributed by atoms with Crippen molar-refractivity contribution in [2.45, 2.75) is 45.4 Å². The molecule has 2 aromatic carbocycles. The highest BCUT2D eigenvalue weighted by Crippen LogP contribution is 2.51. The molecule has 4 heteroatoms. The van der Waals surface area contributed by atoms with Crippen LogP contribution in [0.25, 0.3) is 0 Å². The van der Waals surface area contributed by atoms with Crippen LogP contribution in [0.4, 0.5) is 0 Å². The third-order valence-corrected chi connectivity index (χ3v) is 6.54. The lowest BCUT2D eigenvalue weighted by atomic mass is 9.62. The van der Waals surface area contributed by atoms with E-state index in [1.807, 2.05) is 12.1 Å². The van der Waals surface area contributed by atoms with Crippen LogP contribution in [0.1, 0.15) is 55.2 Å². The summed E-state index contributed by atoms with van der Waals surface area (Å²) in [5.74, 6) is 1.52. The second kappa shape index (κ2) is 8.67. The van der Waals surface area contributed by atoms with Crippen molar-refractivity contribution in [3.8, 4) is 0 Å². The van der Waals surface area contributed by atoms with E-state index < -0.39 is 0 Å². The Bertz CT molecular complexity index is 803. The SMILES string of the molecule is CC(=O)NCC1C(C)CCC(c2ccc(C)cc2Cl)C1c1ccc(Cl)cc1. The molecular formula is C23H27Cl2NO. The molecule has 27 heavy (non-hydrogen) atoms. The van der Waals surface area contributed by atoms with Crippen LogP contribution >= 0.6 is 23.2 Å². The molecular weight excluding hydrogens is 377 g/mol. The molecule has 2 nitrogen and oxygen atoms in total. The second-order valence-corrected chi connectivity index (χ2v) is 8.71. The normalized spacial score (nSPS) is 25.2. The van der Waals surface area contributed by atoms with E-state index in [1.54, 1.807) is 6.92 Å². The van der Waals surface area contributed by atoms with Crippen LogP contribution in [0.3, 0.4) is 0 Å². The summed E-state index contributed by atoms with van der Waals surface area (Å²) < 4.78 is 0. The predicted molar refractivity (Wildman–Crippen MR) is 114 cm³/mol. The maximum atomic E-state index is 11.6. The third-order valence-electron chi connectivity index (χ3n) is 5.96. The van der Waals surface area contributed by atoms with Gasteiger partial charge in [-0.15, -0.1) is 0 Å². The number of rotatable bonds is 4. The smallest absolute Gasteiger partial charge is 0.216 e. The molecule has 0 saturated heterocycles. The molecule has 0 spiro atoms. The minimum absolute atomic E-state index is 0.0209. The number of aryl methyl sites for hydroxylation is 1. The summed E-state index contributed by atoms with van der Waals surface area (Å²) in [6, 6.07) is 14.5. The Morgan fingerprint density at radius 1 is 1.11 bits per heavy atom. The summed E-state index contributed by atoms with van der Waals surface area (Å²) in [6.07, 6.45) is 2.22. The Labute approximate surface area is 172 Å². The Balaban J connectivity index is 2.04. The minimum atomic E-state index is 0.0209. The Kier molecular flexibility index (Phi) is 6.49. The Morgan fingerprint density at radius 3 is 2.44 bits per heavy atom. The van der Waals surface area contributed by atoms with E-state index >= 15 is 0 Å². The third kappa shape index (κ3) is 4.67. The monoisotopic (exact) mass is 403 g/mol. The molecule has 3 rings (SSSR count). The van der Waals surface area contributed by atoms with Gasteiger partial charge in [0.1, 0.15) is 0 Å². The van der Waals surface area contributed by atoms with E-state index in [-0.39, 0.29) is 11.8 Å². The molecule has 1 aliphatic rings. The van der Waals surface area contributed by atoms with Crippen molar-refractivity contribution in [1.29, 1.82) is 0 Å². The van der Waals surface area contributed by atoms with Crippen LogP contribution in [-0.2, 0) is 4.79 Å². The van der Waals surface area contributed by atoms with Crippen LogP contribution in [0.5, 0.6) is 0 Å². The number of halogens is 2. The summed E-state index contributed by atoms with van der Waals surface area (Å²) >= 11 is 12.8. The Hall–Kier alpha value is -1.51. The number of hydrogen-bond donors (Lipinski definition) is 1. The summed E-state index contributed by atoms with van der Waals surface area (Å²) in [5, 5.41) is 4.64. The van der Waals surface area contributed by atoms with Gasteiger partial charge in [0, 0.05) is 23.5 Å². The van der Waals surface area contributed by atoms with Crippen molar-refractivity contribution >= 4 is 29.1 Å². The van der Waals surface area contributed by atoms with Crippen LogP contribution in [0.2, 0.25) is 10.0 Å². The van der Waals surface area contributed by atoms with Gasteiger partial charge in [0.25, 0.3) is 0 Å². The molecule has 1 saturated carbocycles. The lowest BCUT2D eigenvalue weighted by Crippen LogP contribution is -2.39. The zero-order chi connectivity index (χ0) is 19.6. The van der Waals surface area contributed by atoms with Crippen LogP contribution in [0, 0.1) is 18.8 Å². The minimum Gasteiger partial charge on any atom is -0.356 e. The van der Waals surface area contributed by atoms with E-state index in [4.69, 9.17) is 23.2 Å². The van der Waals surface area contributed by atoms with Gasteiger partial charge in [-0.3, -0.25) is 4.79 Å². The molecule has 1 aliphatic carbocycles. The van der Waals surface area contributed by atoms with Crippen LogP contribution in [0.15, 0.2) is 42.5 Å². The maximum Gasteiger partial charge on any atom is 0.216 e. The Morgan fingerprint density at radius 2 is 1.81 bits per heavy atom. The van der Waals surface area contributed by atoms with Crippen molar-refractivity contribution in [2.75, 3.05) is 6.54 Å². The average Bonchev–Trinajstić information content (AvgIpc) is 2.61. The van der Waals surface area contributed by atoms with Gasteiger partial charge < -0.3 is 5.32 Å². The van der Waals surface area contributed by atoms with Gasteiger partial charge >= 0.3 is 0 Å². The average molecular weight is 404 g/mol. The largest absolute Gasteiger partial charge is 0.356 e. The van der Waals surface area contributed by atoms with E-state index in [9.17, 15) is 4.79 Å². The van der Waals surface area contributed by atoms with Gasteiger partial charge in [0.05, 0.1) is 0 Å². The lowest BCUT2D eigenvalue weighted by Gasteiger charge is -2.43. The molecule has 1 amide bonds. The lowest BCUT2D eigenvalue weighted by molar-refractivity contribution is -0.119. The first-order chi connectivity index (χ1) is 12.9. The molecule has 0 aliphatic heterocycles. The first-order valence-corrected chi connectivity index (χ1v) is 10.4. The summed E-state index contributed by atoms with van der Waals surface area (Å²) in [5.41, 5.74) is 3.65. The summed E-state index contributed by atoms with van der Waals surface area (Å²) in [4.78, 5) is 11.6. The van der Waals surface area contributed by atoms with Gasteiger partial charge in [0.15, 0.2) is 0 Å². The van der Waals surface area contributed by atoms with Crippen molar-refractivity contribution in [3.63, 3.8) is 0 Å². The highest BCUT2D eigenvalue weighted by molar-refractivity contribution is 6.31. The van der Waals surface area contributed by atoms with Gasteiger partial charge in [-0.05, 0) is 78.3 Å². The number of carbonyl (C=O) groups is 1. The quantitative estimate of drug-likeness (QED) is 0.632. The molecule has 1 N–H and O–H groups in total. The zero-order valence-electron chi connectivity index (χ0n) is 16.1. The number of hydrogen-bond acceptors (Lipinski definition) is 1. The molecule has 4 unspecified atom stereocenters. The molecule has 1 fully saturated rings. The maximum absolute atomic E-state index is 11.6. The van der Waals surface area contributed by atoms with Gasteiger partial charge in [-0.2, -0.15) is 0 Å². The van der Waals surface area contributed by atoms with Gasteiger partial charge in [-0.25, -0.2) is 0 Å². The van der Waals surface area contributed by atoms with E-state index in [0.717, 1.165) is 22.9 Å². The number of benzene rings is 2. The highest BCUT2D eigenvalue weighted by Gasteiger charge is 2.39. The second-order valence-electron chi connectivity index (χ2n) is 7.86. The molecule has 0 aromatic heterocycles. The van der Waals surface area contributed by atoms with Crippen molar-refractivity contribution < 1.29 is 4.79 Å². The highest BCUT2D eigenvalue weighted by atomic mass is 35.5. The molecule has 0 radical (unpaired) electrons. The first kappa shape index (κ1) is 20.2. The first-order valence-electron chi connectivity index (χ1n) is 9.62. The van der Waals surface area contributed by atoms with Gasteiger partial charge in [0.2, 0.25) is 5.91 Å². The van der Waals surface area contributed by atoms with Crippen LogP contribution in [-0.4, -0.2) is 12.5 Å². The van der Waals surface area contributed by atoms with E-state index in [2.05, 4.69) is 49.5 Å². The molecule has 0 heterocycles. The molecule has 2 aromatic rings. The summed E-state index contributed by atoms with van der Waals surface area (Å²) in [6.45, 7) is 6.63. The molecule has 4 atom stereocenters. The zero-order valence-corrected chi connectivity index (χ0v) is 17.6. The summed E-state index contributed by atoms with van der Waals surface area (Å²) in [7, 11) is 0. The van der Waals surface area contributed by atoms with Crippen LogP contribution < -0.4 is 5.32 Å². The standard InChI is InChI=1S/C23H27Cl2NO/c1-14-4-10-19(22(25)12-14)20-11-5-15(2)21(13-26-16(3)27)23(20)17-6-8-18(24)9-7-17/h4,6-10,12,15,20-21,23H,5,11,13H2,1-3H3,(H,26,27). The van der Waals surface area contributed by atoms with Gasteiger partial charge in [-0.1, -0.05) is 54.4 Å². The molecule has 144 valence electrons. The van der Waals surface area contributed by atoms with E-state index in [0.29, 0.717) is 24.3 Å². The fraction of sp³-hybridized carbons (Fsp3) is 0.435. The predicted octanol–water partition coefficient (Wildman–Crippen LogP) is 6.35. The fourth-order valence-electron chi connectivity index (χ4n) is 4.52. The van der Waals surface area contributed by atoms with Crippen molar-refractivity contribution in [3.05, 3.63) is 69.2 Å². The van der Waals surface area contributed by atoms with E-state index in [1.165, 1.54) is 16.7 Å².